The number of alkyl halides is 2. The SMILES string of the molecule is CO[C@H](C)[C@H](NC(=O)c1cnc(C(F)F)cn1)c1nc2c(C)c(C#N)cnc2n1C(C)C. The molecule has 0 fully saturated rings. The minimum Gasteiger partial charge on any atom is -0.379 e. The average molecular weight is 443 g/mol. The van der Waals surface area contributed by atoms with Gasteiger partial charge in [0.2, 0.25) is 0 Å². The molecule has 3 rings (SSSR count). The van der Waals surface area contributed by atoms with E-state index >= 15 is 0 Å². The fourth-order valence-corrected chi connectivity index (χ4v) is 3.32. The molecule has 0 aliphatic rings. The molecule has 1 amide bonds. The van der Waals surface area contributed by atoms with E-state index in [4.69, 9.17) is 9.72 Å². The number of aryl methyl sites for hydroxylation is 1. The molecule has 168 valence electrons. The van der Waals surface area contributed by atoms with Crippen molar-refractivity contribution in [3.8, 4) is 6.07 Å². The predicted molar refractivity (Wildman–Crippen MR) is 111 cm³/mol. The van der Waals surface area contributed by atoms with Crippen LogP contribution in [0.1, 0.15) is 72.4 Å². The highest BCUT2D eigenvalue weighted by molar-refractivity contribution is 5.92. The number of halogens is 2. The van der Waals surface area contributed by atoms with Crippen LogP contribution in [0.4, 0.5) is 8.78 Å². The van der Waals surface area contributed by atoms with Gasteiger partial charge >= 0.3 is 0 Å². The molecule has 3 heterocycles. The smallest absolute Gasteiger partial charge is 0.281 e. The molecular formula is C21H23F2N7O2. The summed E-state index contributed by atoms with van der Waals surface area (Å²) < 4.78 is 32.8. The highest BCUT2D eigenvalue weighted by Crippen LogP contribution is 2.29. The third-order valence-electron chi connectivity index (χ3n) is 5.16. The largest absolute Gasteiger partial charge is 0.379 e. The van der Waals surface area contributed by atoms with Gasteiger partial charge < -0.3 is 14.6 Å². The summed E-state index contributed by atoms with van der Waals surface area (Å²) in [6, 6.07) is 1.32. The number of nitrogens with one attached hydrogen (secondary N) is 1. The van der Waals surface area contributed by atoms with Crippen molar-refractivity contribution in [1.29, 1.82) is 5.26 Å². The van der Waals surface area contributed by atoms with E-state index in [2.05, 4.69) is 26.3 Å². The highest BCUT2D eigenvalue weighted by atomic mass is 19.3. The second-order valence-corrected chi connectivity index (χ2v) is 7.53. The van der Waals surface area contributed by atoms with Crippen LogP contribution in [-0.2, 0) is 4.74 Å². The van der Waals surface area contributed by atoms with Gasteiger partial charge in [-0.1, -0.05) is 0 Å². The van der Waals surface area contributed by atoms with E-state index in [0.717, 1.165) is 12.4 Å². The van der Waals surface area contributed by atoms with Gasteiger partial charge in [-0.15, -0.1) is 0 Å². The number of hydrogen-bond donors (Lipinski definition) is 1. The third-order valence-corrected chi connectivity index (χ3v) is 5.16. The van der Waals surface area contributed by atoms with E-state index in [1.54, 1.807) is 13.8 Å². The van der Waals surface area contributed by atoms with Crippen molar-refractivity contribution in [3.63, 3.8) is 0 Å². The van der Waals surface area contributed by atoms with Crippen molar-refractivity contribution in [2.24, 2.45) is 0 Å². The van der Waals surface area contributed by atoms with E-state index in [1.807, 2.05) is 18.4 Å². The Morgan fingerprint density at radius 2 is 1.91 bits per heavy atom. The minimum atomic E-state index is -2.78. The summed E-state index contributed by atoms with van der Waals surface area (Å²) in [5, 5.41) is 12.2. The summed E-state index contributed by atoms with van der Waals surface area (Å²) >= 11 is 0. The van der Waals surface area contributed by atoms with Gasteiger partial charge in [0.1, 0.15) is 34.8 Å². The topological polar surface area (TPSA) is 119 Å². The molecule has 0 saturated heterocycles. The summed E-state index contributed by atoms with van der Waals surface area (Å²) in [6.45, 7) is 7.45. The van der Waals surface area contributed by atoms with Gasteiger partial charge in [0.15, 0.2) is 5.65 Å². The number of ether oxygens (including phenoxy) is 1. The van der Waals surface area contributed by atoms with Crippen molar-refractivity contribution in [1.82, 2.24) is 29.8 Å². The normalized spacial score (nSPS) is 13.4. The molecule has 0 radical (unpaired) electrons. The summed E-state index contributed by atoms with van der Waals surface area (Å²) in [6.07, 6.45) is 0.0872. The first-order valence-corrected chi connectivity index (χ1v) is 9.90. The molecule has 3 aromatic rings. The Bertz CT molecular complexity index is 1170. The van der Waals surface area contributed by atoms with E-state index in [9.17, 15) is 18.8 Å². The first-order chi connectivity index (χ1) is 15.2. The van der Waals surface area contributed by atoms with Crippen molar-refractivity contribution >= 4 is 17.1 Å². The number of fused-ring (bicyclic) bond motifs is 1. The molecule has 11 heteroatoms. The first kappa shape index (κ1) is 23.1. The van der Waals surface area contributed by atoms with Crippen LogP contribution in [0.15, 0.2) is 18.6 Å². The van der Waals surface area contributed by atoms with E-state index < -0.39 is 30.2 Å². The number of carbonyl (C=O) groups excluding carboxylic acids is 1. The van der Waals surface area contributed by atoms with Crippen LogP contribution in [0.2, 0.25) is 0 Å². The van der Waals surface area contributed by atoms with Crippen molar-refractivity contribution in [2.45, 2.75) is 52.3 Å². The summed E-state index contributed by atoms with van der Waals surface area (Å²) in [4.78, 5) is 29.4. The Morgan fingerprint density at radius 3 is 2.44 bits per heavy atom. The van der Waals surface area contributed by atoms with Gasteiger partial charge in [0, 0.05) is 19.3 Å². The number of amides is 1. The zero-order valence-electron chi connectivity index (χ0n) is 18.3. The van der Waals surface area contributed by atoms with Crippen molar-refractivity contribution in [2.75, 3.05) is 7.11 Å². The Labute approximate surface area is 183 Å². The van der Waals surface area contributed by atoms with Crippen LogP contribution in [0, 0.1) is 18.3 Å². The number of nitrogens with zero attached hydrogens (tertiary/aromatic N) is 6. The average Bonchev–Trinajstić information content (AvgIpc) is 3.17. The lowest BCUT2D eigenvalue weighted by Gasteiger charge is -2.25. The van der Waals surface area contributed by atoms with Crippen LogP contribution in [-0.4, -0.2) is 43.6 Å². The molecule has 0 aliphatic heterocycles. The van der Waals surface area contributed by atoms with Gasteiger partial charge in [-0.25, -0.2) is 23.7 Å². The van der Waals surface area contributed by atoms with Gasteiger partial charge in [-0.05, 0) is 33.3 Å². The van der Waals surface area contributed by atoms with Crippen molar-refractivity contribution in [3.05, 3.63) is 46.9 Å². The van der Waals surface area contributed by atoms with Crippen LogP contribution < -0.4 is 5.32 Å². The number of rotatable bonds is 7. The fraction of sp³-hybridized carbons (Fsp3) is 0.429. The van der Waals surface area contributed by atoms with Gasteiger partial charge in [0.25, 0.3) is 12.3 Å². The molecule has 2 atom stereocenters. The van der Waals surface area contributed by atoms with E-state index in [-0.39, 0.29) is 11.7 Å². The molecule has 0 spiro atoms. The number of carbonyl (C=O) groups is 1. The Morgan fingerprint density at radius 1 is 1.19 bits per heavy atom. The Kier molecular flexibility index (Phi) is 6.74. The van der Waals surface area contributed by atoms with Crippen LogP contribution >= 0.6 is 0 Å². The molecule has 1 N–H and O–H groups in total. The van der Waals surface area contributed by atoms with Crippen LogP contribution in [0.3, 0.4) is 0 Å². The van der Waals surface area contributed by atoms with Gasteiger partial charge in [-0.2, -0.15) is 5.26 Å². The molecule has 0 bridgehead atoms. The lowest BCUT2D eigenvalue weighted by molar-refractivity contribution is 0.0664. The van der Waals surface area contributed by atoms with Crippen molar-refractivity contribution < 1.29 is 18.3 Å². The summed E-state index contributed by atoms with van der Waals surface area (Å²) in [7, 11) is 1.50. The molecular weight excluding hydrogens is 420 g/mol. The van der Waals surface area contributed by atoms with Gasteiger partial charge in [0.05, 0.1) is 24.1 Å². The third kappa shape index (κ3) is 4.27. The molecule has 9 nitrogen and oxygen atoms in total. The minimum absolute atomic E-state index is 0.0663. The predicted octanol–water partition coefficient (Wildman–Crippen LogP) is 3.43. The van der Waals surface area contributed by atoms with Gasteiger partial charge in [-0.3, -0.25) is 9.78 Å². The second-order valence-electron chi connectivity index (χ2n) is 7.53. The summed E-state index contributed by atoms with van der Waals surface area (Å²) in [5.74, 6) is -0.127. The number of methoxy groups -OCH3 is 1. The van der Waals surface area contributed by atoms with Crippen LogP contribution in [0.25, 0.3) is 11.2 Å². The van der Waals surface area contributed by atoms with Crippen LogP contribution in [0.5, 0.6) is 0 Å². The maximum atomic E-state index is 12.8. The zero-order valence-corrected chi connectivity index (χ0v) is 18.3. The quantitative estimate of drug-likeness (QED) is 0.594. The monoisotopic (exact) mass is 443 g/mol. The highest BCUT2D eigenvalue weighted by Gasteiger charge is 2.30. The number of hydrogen-bond acceptors (Lipinski definition) is 7. The standard InChI is InChI=1S/C21H23F2N7O2/c1-10(2)30-19-16(11(3)13(6-24)7-27-19)28-20(30)17(12(4)32-5)29-21(31)15-9-25-14(8-26-15)18(22)23/h7-10,12,17-18H,1-5H3,(H,29,31)/t12-,17+/m1/s1. The molecule has 32 heavy (non-hydrogen) atoms. The molecule has 0 unspecified atom stereocenters. The number of pyridine rings is 1. The van der Waals surface area contributed by atoms with E-state index in [1.165, 1.54) is 13.3 Å². The number of aromatic nitrogens is 5. The lowest BCUT2D eigenvalue weighted by atomic mass is 10.1. The first-order valence-electron chi connectivity index (χ1n) is 9.90. The molecule has 0 saturated carbocycles. The second kappa shape index (κ2) is 9.32. The Balaban J connectivity index is 2.07. The molecule has 3 aromatic heterocycles. The summed E-state index contributed by atoms with van der Waals surface area (Å²) in [5.41, 5.74) is 1.59. The molecule has 0 aliphatic carbocycles. The molecule has 0 aromatic carbocycles. The number of imidazole rings is 1. The lowest BCUT2D eigenvalue weighted by Crippen LogP contribution is -2.38. The number of nitriles is 1. The fourth-order valence-electron chi connectivity index (χ4n) is 3.32. The Hall–Kier alpha value is -3.52. The zero-order chi connectivity index (χ0) is 23.6. The maximum absolute atomic E-state index is 12.8. The van der Waals surface area contributed by atoms with E-state index in [0.29, 0.717) is 28.1 Å². The maximum Gasteiger partial charge on any atom is 0.281 e.